The number of rotatable bonds is 5. The lowest BCUT2D eigenvalue weighted by molar-refractivity contribution is -0.117. The van der Waals surface area contributed by atoms with Crippen LogP contribution in [0.1, 0.15) is 5.69 Å². The summed E-state index contributed by atoms with van der Waals surface area (Å²) in [6.45, 7) is 2.48. The van der Waals surface area contributed by atoms with Gasteiger partial charge in [-0.15, -0.1) is 0 Å². The van der Waals surface area contributed by atoms with Crippen LogP contribution in [0.4, 0.5) is 5.88 Å². The number of aliphatic hydroxyl groups excluding tert-OH is 1. The maximum absolute atomic E-state index is 11.4. The normalized spacial score (nSPS) is 10.7. The fraction of sp³-hybridized carbons (Fsp3) is 0.556. The molecule has 0 saturated heterocycles. The van der Waals surface area contributed by atoms with E-state index in [9.17, 15) is 4.79 Å². The Morgan fingerprint density at radius 2 is 2.47 bits per heavy atom. The van der Waals surface area contributed by atoms with Gasteiger partial charge in [0.05, 0.1) is 18.8 Å². The van der Waals surface area contributed by atoms with Gasteiger partial charge < -0.3 is 9.63 Å². The summed E-state index contributed by atoms with van der Waals surface area (Å²) in [6, 6.07) is 1.64. The zero-order valence-corrected chi connectivity index (χ0v) is 8.86. The predicted molar refractivity (Wildman–Crippen MR) is 54.5 cm³/mol. The minimum absolute atomic E-state index is 0.0329. The van der Waals surface area contributed by atoms with Gasteiger partial charge in [0.1, 0.15) is 0 Å². The summed E-state index contributed by atoms with van der Waals surface area (Å²) in [5.41, 5.74) is 0.717. The number of aryl methyl sites for hydroxylation is 1. The summed E-state index contributed by atoms with van der Waals surface area (Å²) < 4.78 is 4.83. The molecule has 1 aromatic rings. The fourth-order valence-corrected chi connectivity index (χ4v) is 1.09. The number of carbonyl (C=O) groups excluding carboxylic acids is 1. The van der Waals surface area contributed by atoms with Crippen molar-refractivity contribution in [3.05, 3.63) is 11.8 Å². The molecule has 0 saturated carbocycles. The second-order valence-corrected chi connectivity index (χ2v) is 3.34. The zero-order chi connectivity index (χ0) is 11.3. The van der Waals surface area contributed by atoms with E-state index in [2.05, 4.69) is 10.5 Å². The molecule has 1 amide bonds. The number of hydrogen-bond acceptors (Lipinski definition) is 5. The Morgan fingerprint density at radius 3 is 3.00 bits per heavy atom. The van der Waals surface area contributed by atoms with Crippen molar-refractivity contribution in [2.45, 2.75) is 6.92 Å². The van der Waals surface area contributed by atoms with Gasteiger partial charge in [0, 0.05) is 12.6 Å². The van der Waals surface area contributed by atoms with Crippen molar-refractivity contribution in [1.82, 2.24) is 10.1 Å². The molecule has 6 heteroatoms. The molecule has 0 aromatic carbocycles. The molecule has 0 aliphatic carbocycles. The maximum atomic E-state index is 11.4. The number of aliphatic hydroxyl groups is 1. The topological polar surface area (TPSA) is 78.6 Å². The molecular weight excluding hydrogens is 198 g/mol. The standard InChI is InChI=1S/C9H15N3O3/c1-7-5-9(15-11-7)10-8(14)6-12(2)3-4-13/h5,13H,3-4,6H2,1-2H3,(H,10,14). The van der Waals surface area contributed by atoms with Crippen LogP contribution in [0.2, 0.25) is 0 Å². The van der Waals surface area contributed by atoms with Gasteiger partial charge in [0.2, 0.25) is 11.8 Å². The molecule has 15 heavy (non-hydrogen) atoms. The molecule has 0 unspecified atom stereocenters. The fourth-order valence-electron chi connectivity index (χ4n) is 1.09. The molecule has 0 fully saturated rings. The highest BCUT2D eigenvalue weighted by Gasteiger charge is 2.08. The first kappa shape index (κ1) is 11.7. The molecule has 0 aliphatic heterocycles. The van der Waals surface area contributed by atoms with Crippen LogP contribution in [0, 0.1) is 6.92 Å². The molecular formula is C9H15N3O3. The number of hydrogen-bond donors (Lipinski definition) is 2. The average Bonchev–Trinajstić information content (AvgIpc) is 2.51. The van der Waals surface area contributed by atoms with Crippen molar-refractivity contribution in [3.63, 3.8) is 0 Å². The molecule has 0 bridgehead atoms. The highest BCUT2D eigenvalue weighted by molar-refractivity contribution is 5.90. The molecule has 0 atom stereocenters. The Labute approximate surface area is 87.9 Å². The van der Waals surface area contributed by atoms with E-state index in [1.807, 2.05) is 0 Å². The lowest BCUT2D eigenvalue weighted by Crippen LogP contribution is -2.31. The van der Waals surface area contributed by atoms with E-state index in [1.165, 1.54) is 0 Å². The molecule has 2 N–H and O–H groups in total. The first-order valence-corrected chi connectivity index (χ1v) is 4.64. The Balaban J connectivity index is 2.36. The zero-order valence-electron chi connectivity index (χ0n) is 8.86. The maximum Gasteiger partial charge on any atom is 0.240 e. The number of nitrogens with one attached hydrogen (secondary N) is 1. The van der Waals surface area contributed by atoms with Gasteiger partial charge in [-0.1, -0.05) is 5.16 Å². The average molecular weight is 213 g/mol. The van der Waals surface area contributed by atoms with Crippen LogP contribution in [0.5, 0.6) is 0 Å². The number of aromatic nitrogens is 1. The van der Waals surface area contributed by atoms with E-state index in [1.54, 1.807) is 24.9 Å². The van der Waals surface area contributed by atoms with Crippen molar-refractivity contribution >= 4 is 11.8 Å². The van der Waals surface area contributed by atoms with Crippen LogP contribution in [-0.2, 0) is 4.79 Å². The molecule has 6 nitrogen and oxygen atoms in total. The van der Waals surface area contributed by atoms with Crippen molar-refractivity contribution in [3.8, 4) is 0 Å². The van der Waals surface area contributed by atoms with E-state index in [0.717, 1.165) is 0 Å². The molecule has 1 rings (SSSR count). The Morgan fingerprint density at radius 1 is 1.73 bits per heavy atom. The molecule has 0 aliphatic rings. The quantitative estimate of drug-likeness (QED) is 0.711. The molecule has 0 radical (unpaired) electrons. The van der Waals surface area contributed by atoms with Crippen LogP contribution in [0.15, 0.2) is 10.6 Å². The van der Waals surface area contributed by atoms with Gasteiger partial charge in [0.25, 0.3) is 0 Å². The van der Waals surface area contributed by atoms with Gasteiger partial charge >= 0.3 is 0 Å². The van der Waals surface area contributed by atoms with E-state index in [4.69, 9.17) is 9.63 Å². The second kappa shape index (κ2) is 5.47. The molecule has 1 aromatic heterocycles. The van der Waals surface area contributed by atoms with Crippen LogP contribution in [0.25, 0.3) is 0 Å². The minimum Gasteiger partial charge on any atom is -0.395 e. The van der Waals surface area contributed by atoms with Crippen LogP contribution in [-0.4, -0.2) is 47.8 Å². The highest BCUT2D eigenvalue weighted by atomic mass is 16.5. The summed E-state index contributed by atoms with van der Waals surface area (Å²) in [5, 5.41) is 14.8. The first-order valence-electron chi connectivity index (χ1n) is 4.64. The minimum atomic E-state index is -0.192. The molecule has 0 spiro atoms. The number of anilines is 1. The molecule has 84 valence electrons. The SMILES string of the molecule is Cc1cc(NC(=O)CN(C)CCO)on1. The van der Waals surface area contributed by atoms with E-state index < -0.39 is 0 Å². The van der Waals surface area contributed by atoms with Crippen LogP contribution >= 0.6 is 0 Å². The number of likely N-dealkylation sites (N-methyl/N-ethyl adjacent to an activating group) is 1. The van der Waals surface area contributed by atoms with Gasteiger partial charge in [0.15, 0.2) is 0 Å². The Kier molecular flexibility index (Phi) is 4.26. The van der Waals surface area contributed by atoms with Crippen molar-refractivity contribution in [1.29, 1.82) is 0 Å². The third-order valence-corrected chi connectivity index (χ3v) is 1.79. The van der Waals surface area contributed by atoms with Crippen LogP contribution in [0.3, 0.4) is 0 Å². The lowest BCUT2D eigenvalue weighted by atomic mass is 10.4. The monoisotopic (exact) mass is 213 g/mol. The largest absolute Gasteiger partial charge is 0.395 e. The van der Waals surface area contributed by atoms with E-state index in [-0.39, 0.29) is 19.1 Å². The highest BCUT2D eigenvalue weighted by Crippen LogP contribution is 2.07. The van der Waals surface area contributed by atoms with E-state index in [0.29, 0.717) is 18.1 Å². The number of carbonyl (C=O) groups is 1. The van der Waals surface area contributed by atoms with Crippen molar-refractivity contribution < 1.29 is 14.4 Å². The first-order chi connectivity index (χ1) is 7.11. The lowest BCUT2D eigenvalue weighted by Gasteiger charge is -2.13. The van der Waals surface area contributed by atoms with Gasteiger partial charge in [-0.2, -0.15) is 0 Å². The van der Waals surface area contributed by atoms with Gasteiger partial charge in [-0.05, 0) is 14.0 Å². The number of nitrogens with zero attached hydrogens (tertiary/aromatic N) is 2. The molecule has 1 heterocycles. The summed E-state index contributed by atoms with van der Waals surface area (Å²) >= 11 is 0. The predicted octanol–water partition coefficient (Wildman–Crippen LogP) is -0.154. The van der Waals surface area contributed by atoms with Crippen molar-refractivity contribution in [2.75, 3.05) is 32.1 Å². The van der Waals surface area contributed by atoms with Gasteiger partial charge in [-0.3, -0.25) is 15.0 Å². The summed E-state index contributed by atoms with van der Waals surface area (Å²) in [5.74, 6) is 0.150. The summed E-state index contributed by atoms with van der Waals surface area (Å²) in [6.07, 6.45) is 0. The summed E-state index contributed by atoms with van der Waals surface area (Å²) in [4.78, 5) is 13.1. The van der Waals surface area contributed by atoms with Crippen molar-refractivity contribution in [2.24, 2.45) is 0 Å². The van der Waals surface area contributed by atoms with Gasteiger partial charge in [-0.25, -0.2) is 0 Å². The Bertz CT molecular complexity index is 324. The van der Waals surface area contributed by atoms with E-state index >= 15 is 0 Å². The Hall–Kier alpha value is -1.40. The third-order valence-electron chi connectivity index (χ3n) is 1.79. The summed E-state index contributed by atoms with van der Waals surface area (Å²) in [7, 11) is 1.75. The third kappa shape index (κ3) is 4.09. The smallest absolute Gasteiger partial charge is 0.240 e. The number of amides is 1. The second-order valence-electron chi connectivity index (χ2n) is 3.34. The van der Waals surface area contributed by atoms with Crippen LogP contribution < -0.4 is 5.32 Å².